The number of thiophene rings is 1. The summed E-state index contributed by atoms with van der Waals surface area (Å²) in [7, 11) is 0. The van der Waals surface area contributed by atoms with Crippen molar-refractivity contribution in [1.82, 2.24) is 10.3 Å². The highest BCUT2D eigenvalue weighted by atomic mass is 35.5. The van der Waals surface area contributed by atoms with Crippen molar-refractivity contribution in [2.24, 2.45) is 0 Å². The summed E-state index contributed by atoms with van der Waals surface area (Å²) in [6.07, 6.45) is 4.53. The SMILES string of the molecule is O=C(NC1CCCC1)c1cc(-c2ccc(Cl)s2)nc2ccccc12. The van der Waals surface area contributed by atoms with Crippen molar-refractivity contribution < 1.29 is 4.79 Å². The van der Waals surface area contributed by atoms with Crippen molar-refractivity contribution in [3.8, 4) is 10.6 Å². The number of amides is 1. The van der Waals surface area contributed by atoms with E-state index in [9.17, 15) is 4.79 Å². The number of benzene rings is 1. The van der Waals surface area contributed by atoms with E-state index in [0.29, 0.717) is 11.6 Å². The number of pyridine rings is 1. The van der Waals surface area contributed by atoms with Gasteiger partial charge in [-0.25, -0.2) is 4.98 Å². The smallest absolute Gasteiger partial charge is 0.252 e. The van der Waals surface area contributed by atoms with Gasteiger partial charge in [0.1, 0.15) is 0 Å². The second-order valence-electron chi connectivity index (χ2n) is 6.13. The minimum atomic E-state index is -0.00981. The van der Waals surface area contributed by atoms with Gasteiger partial charge in [0.25, 0.3) is 5.91 Å². The van der Waals surface area contributed by atoms with Gasteiger partial charge in [0, 0.05) is 11.4 Å². The zero-order valence-corrected chi connectivity index (χ0v) is 14.7. The van der Waals surface area contributed by atoms with Gasteiger partial charge in [0.05, 0.1) is 26.0 Å². The molecule has 0 aliphatic heterocycles. The first kappa shape index (κ1) is 15.6. The van der Waals surface area contributed by atoms with Crippen LogP contribution in [-0.2, 0) is 0 Å². The summed E-state index contributed by atoms with van der Waals surface area (Å²) in [6, 6.07) is 13.8. The van der Waals surface area contributed by atoms with Crippen molar-refractivity contribution in [2.45, 2.75) is 31.7 Å². The third-order valence-electron chi connectivity index (χ3n) is 4.48. The molecule has 1 N–H and O–H groups in total. The highest BCUT2D eigenvalue weighted by Gasteiger charge is 2.20. The fraction of sp³-hybridized carbons (Fsp3) is 0.263. The molecular formula is C19H17ClN2OS. The van der Waals surface area contributed by atoms with Crippen molar-refractivity contribution in [2.75, 3.05) is 0 Å². The van der Waals surface area contributed by atoms with Crippen LogP contribution in [-0.4, -0.2) is 16.9 Å². The van der Waals surface area contributed by atoms with Gasteiger partial charge < -0.3 is 5.32 Å². The van der Waals surface area contributed by atoms with E-state index in [4.69, 9.17) is 16.6 Å². The third kappa shape index (κ3) is 3.04. The Morgan fingerprint density at radius 2 is 1.96 bits per heavy atom. The molecule has 24 heavy (non-hydrogen) atoms. The minimum Gasteiger partial charge on any atom is -0.349 e. The van der Waals surface area contributed by atoms with E-state index in [1.807, 2.05) is 42.5 Å². The Balaban J connectivity index is 1.78. The van der Waals surface area contributed by atoms with Gasteiger partial charge in [-0.05, 0) is 37.1 Å². The first-order chi connectivity index (χ1) is 11.7. The lowest BCUT2D eigenvalue weighted by Crippen LogP contribution is -2.32. The molecule has 3 nitrogen and oxygen atoms in total. The third-order valence-corrected chi connectivity index (χ3v) is 5.73. The van der Waals surface area contributed by atoms with Gasteiger partial charge in [-0.15, -0.1) is 11.3 Å². The first-order valence-electron chi connectivity index (χ1n) is 8.17. The molecule has 2 heterocycles. The van der Waals surface area contributed by atoms with Crippen molar-refractivity contribution in [3.05, 3.63) is 52.4 Å². The largest absolute Gasteiger partial charge is 0.349 e. The topological polar surface area (TPSA) is 42.0 Å². The maximum atomic E-state index is 12.8. The summed E-state index contributed by atoms with van der Waals surface area (Å²) in [5.41, 5.74) is 2.31. The number of rotatable bonds is 3. The number of carbonyl (C=O) groups is 1. The number of hydrogen-bond donors (Lipinski definition) is 1. The Kier molecular flexibility index (Phi) is 4.25. The molecule has 1 aromatic carbocycles. The molecule has 0 radical (unpaired) electrons. The molecule has 0 saturated heterocycles. The molecule has 2 aromatic heterocycles. The molecule has 4 rings (SSSR count). The molecule has 0 unspecified atom stereocenters. The summed E-state index contributed by atoms with van der Waals surface area (Å²) in [6.45, 7) is 0. The van der Waals surface area contributed by atoms with Gasteiger partial charge >= 0.3 is 0 Å². The number of nitrogens with zero attached hydrogens (tertiary/aromatic N) is 1. The Bertz CT molecular complexity index is 899. The number of fused-ring (bicyclic) bond motifs is 1. The lowest BCUT2D eigenvalue weighted by Gasteiger charge is -2.14. The molecule has 1 aliphatic rings. The van der Waals surface area contributed by atoms with Gasteiger partial charge in [-0.1, -0.05) is 42.6 Å². The van der Waals surface area contributed by atoms with Crippen LogP contribution in [0.25, 0.3) is 21.5 Å². The molecule has 0 bridgehead atoms. The number of halogens is 1. The predicted molar refractivity (Wildman–Crippen MR) is 99.8 cm³/mol. The molecule has 0 atom stereocenters. The zero-order chi connectivity index (χ0) is 16.5. The van der Waals surface area contributed by atoms with Crippen molar-refractivity contribution >= 4 is 39.7 Å². The maximum absolute atomic E-state index is 12.8. The molecule has 122 valence electrons. The number of nitrogens with one attached hydrogen (secondary N) is 1. The minimum absolute atomic E-state index is 0.00981. The van der Waals surface area contributed by atoms with Crippen molar-refractivity contribution in [1.29, 1.82) is 0 Å². The summed E-state index contributed by atoms with van der Waals surface area (Å²) < 4.78 is 0.719. The molecular weight excluding hydrogens is 340 g/mol. The lowest BCUT2D eigenvalue weighted by atomic mass is 10.1. The molecule has 1 amide bonds. The normalized spacial score (nSPS) is 15.0. The average molecular weight is 357 g/mol. The number of carbonyl (C=O) groups excluding carboxylic acids is 1. The van der Waals surface area contributed by atoms with Crippen LogP contribution >= 0.6 is 22.9 Å². The monoisotopic (exact) mass is 356 g/mol. The Morgan fingerprint density at radius 3 is 2.71 bits per heavy atom. The summed E-state index contributed by atoms with van der Waals surface area (Å²) in [5, 5.41) is 4.07. The van der Waals surface area contributed by atoms with E-state index in [-0.39, 0.29) is 5.91 Å². The second kappa shape index (κ2) is 6.54. The van der Waals surface area contributed by atoms with E-state index in [1.54, 1.807) is 0 Å². The number of hydrogen-bond acceptors (Lipinski definition) is 3. The quantitative estimate of drug-likeness (QED) is 0.692. The standard InChI is InChI=1S/C19H17ClN2OS/c20-18-10-9-17(24-18)16-11-14(13-7-3-4-8-15(13)22-16)19(23)21-12-5-1-2-6-12/h3-4,7-12H,1-2,5-6H2,(H,21,23). The van der Waals surface area contributed by atoms with Crippen LogP contribution in [0.5, 0.6) is 0 Å². The fourth-order valence-electron chi connectivity index (χ4n) is 3.27. The molecule has 1 aliphatic carbocycles. The molecule has 5 heteroatoms. The highest BCUT2D eigenvalue weighted by Crippen LogP contribution is 2.32. The van der Waals surface area contributed by atoms with E-state index >= 15 is 0 Å². The summed E-state index contributed by atoms with van der Waals surface area (Å²) >= 11 is 7.53. The predicted octanol–water partition coefficient (Wildman–Crippen LogP) is 5.29. The lowest BCUT2D eigenvalue weighted by molar-refractivity contribution is 0.0939. The average Bonchev–Trinajstić information content (AvgIpc) is 3.25. The Morgan fingerprint density at radius 1 is 1.17 bits per heavy atom. The van der Waals surface area contributed by atoms with Crippen LogP contribution in [0.4, 0.5) is 0 Å². The van der Waals surface area contributed by atoms with Crippen molar-refractivity contribution in [3.63, 3.8) is 0 Å². The molecule has 1 fully saturated rings. The van der Waals surface area contributed by atoms with E-state index in [0.717, 1.165) is 38.7 Å². The van der Waals surface area contributed by atoms with E-state index in [1.165, 1.54) is 24.2 Å². The summed E-state index contributed by atoms with van der Waals surface area (Å²) in [5.74, 6) is -0.00981. The molecule has 1 saturated carbocycles. The van der Waals surface area contributed by atoms with E-state index in [2.05, 4.69) is 5.32 Å². The molecule has 0 spiro atoms. The number of para-hydroxylation sites is 1. The Labute approximate surface area is 149 Å². The van der Waals surface area contributed by atoms with Crippen LogP contribution in [0.15, 0.2) is 42.5 Å². The zero-order valence-electron chi connectivity index (χ0n) is 13.1. The summed E-state index contributed by atoms with van der Waals surface area (Å²) in [4.78, 5) is 18.5. The van der Waals surface area contributed by atoms with Crippen LogP contribution in [0.1, 0.15) is 36.0 Å². The van der Waals surface area contributed by atoms with Gasteiger partial charge in [-0.3, -0.25) is 4.79 Å². The van der Waals surface area contributed by atoms with Gasteiger partial charge in [-0.2, -0.15) is 0 Å². The number of aromatic nitrogens is 1. The van der Waals surface area contributed by atoms with Gasteiger partial charge in [0.15, 0.2) is 0 Å². The van der Waals surface area contributed by atoms with Gasteiger partial charge in [0.2, 0.25) is 0 Å². The first-order valence-corrected chi connectivity index (χ1v) is 9.36. The van der Waals surface area contributed by atoms with Crippen LogP contribution < -0.4 is 5.32 Å². The van der Waals surface area contributed by atoms with E-state index < -0.39 is 0 Å². The maximum Gasteiger partial charge on any atom is 0.252 e. The fourth-order valence-corrected chi connectivity index (χ4v) is 4.28. The van der Waals surface area contributed by atoms with Crippen LogP contribution in [0, 0.1) is 0 Å². The Hall–Kier alpha value is -1.91. The highest BCUT2D eigenvalue weighted by molar-refractivity contribution is 7.19. The van der Waals surface area contributed by atoms with Crippen LogP contribution in [0.3, 0.4) is 0 Å². The van der Waals surface area contributed by atoms with Crippen LogP contribution in [0.2, 0.25) is 4.34 Å². The second-order valence-corrected chi connectivity index (χ2v) is 7.85. The molecule has 3 aromatic rings.